The Morgan fingerprint density at radius 2 is 2.07 bits per heavy atom. The molecule has 15 heavy (non-hydrogen) atoms. The number of pyridine rings is 1. The summed E-state index contributed by atoms with van der Waals surface area (Å²) >= 11 is 5.18. The van der Waals surface area contributed by atoms with Gasteiger partial charge in [0.25, 0.3) is 0 Å². The highest BCUT2D eigenvalue weighted by Crippen LogP contribution is 2.09. The molecule has 82 valence electrons. The van der Waals surface area contributed by atoms with Gasteiger partial charge in [-0.1, -0.05) is 6.07 Å². The molecule has 2 N–H and O–H groups in total. The summed E-state index contributed by atoms with van der Waals surface area (Å²) in [6, 6.07) is 3.90. The van der Waals surface area contributed by atoms with Crippen LogP contribution in [0.3, 0.4) is 0 Å². The molecule has 0 atom stereocenters. The van der Waals surface area contributed by atoms with Crippen molar-refractivity contribution in [3.63, 3.8) is 0 Å². The average Bonchev–Trinajstić information content (AvgIpc) is 2.05. The minimum absolute atomic E-state index is 0.0350. The van der Waals surface area contributed by atoms with Crippen LogP contribution < -0.4 is 10.6 Å². The summed E-state index contributed by atoms with van der Waals surface area (Å²) in [5.74, 6) is 0.805. The van der Waals surface area contributed by atoms with Crippen molar-refractivity contribution in [2.45, 2.75) is 33.2 Å². The molecule has 0 saturated carbocycles. The second-order valence-electron chi connectivity index (χ2n) is 4.50. The van der Waals surface area contributed by atoms with Gasteiger partial charge in [0.15, 0.2) is 5.11 Å². The fourth-order valence-electron chi connectivity index (χ4n) is 1.10. The zero-order chi connectivity index (χ0) is 11.5. The maximum atomic E-state index is 5.18. The van der Waals surface area contributed by atoms with Gasteiger partial charge in [0.1, 0.15) is 5.82 Å². The van der Waals surface area contributed by atoms with Crippen LogP contribution in [0.25, 0.3) is 0 Å². The number of nitrogens with zero attached hydrogens (tertiary/aromatic N) is 1. The molecule has 0 amide bonds. The zero-order valence-corrected chi connectivity index (χ0v) is 10.4. The van der Waals surface area contributed by atoms with E-state index >= 15 is 0 Å². The lowest BCUT2D eigenvalue weighted by Gasteiger charge is -2.23. The molecular formula is C11H17N3S. The molecule has 1 aromatic heterocycles. The molecule has 0 radical (unpaired) electrons. The number of anilines is 1. The molecule has 1 rings (SSSR count). The molecule has 0 unspecified atom stereocenters. The van der Waals surface area contributed by atoms with Gasteiger partial charge in [-0.3, -0.25) is 0 Å². The molecule has 0 saturated heterocycles. The minimum atomic E-state index is -0.0350. The van der Waals surface area contributed by atoms with Gasteiger partial charge >= 0.3 is 0 Å². The third kappa shape index (κ3) is 4.25. The fourth-order valence-corrected chi connectivity index (χ4v) is 1.50. The largest absolute Gasteiger partial charge is 0.358 e. The lowest BCUT2D eigenvalue weighted by molar-refractivity contribution is 0.514. The first-order chi connectivity index (χ1) is 6.88. The standard InChI is InChI=1S/C11H17N3S/c1-8-6-5-7-12-9(8)13-10(15)14-11(2,3)4/h5-7H,1-4H3,(H2,12,13,14,15). The molecule has 1 aromatic rings. The van der Waals surface area contributed by atoms with Crippen molar-refractivity contribution in [3.05, 3.63) is 23.9 Å². The molecule has 3 nitrogen and oxygen atoms in total. The van der Waals surface area contributed by atoms with E-state index in [-0.39, 0.29) is 5.54 Å². The van der Waals surface area contributed by atoms with Crippen LogP contribution in [0.5, 0.6) is 0 Å². The van der Waals surface area contributed by atoms with E-state index < -0.39 is 0 Å². The van der Waals surface area contributed by atoms with E-state index in [1.165, 1.54) is 0 Å². The third-order valence-electron chi connectivity index (χ3n) is 1.73. The summed E-state index contributed by atoms with van der Waals surface area (Å²) in [6.45, 7) is 8.18. The highest BCUT2D eigenvalue weighted by atomic mass is 32.1. The summed E-state index contributed by atoms with van der Waals surface area (Å²) in [4.78, 5) is 4.21. The Bertz CT molecular complexity index is 355. The summed E-state index contributed by atoms with van der Waals surface area (Å²) in [5.41, 5.74) is 1.04. The number of nitrogens with one attached hydrogen (secondary N) is 2. The second-order valence-corrected chi connectivity index (χ2v) is 4.91. The Hall–Kier alpha value is -1.16. The SMILES string of the molecule is Cc1cccnc1NC(=S)NC(C)(C)C. The van der Waals surface area contributed by atoms with Crippen molar-refractivity contribution in [3.8, 4) is 0 Å². The van der Waals surface area contributed by atoms with E-state index in [2.05, 4.69) is 36.4 Å². The monoisotopic (exact) mass is 223 g/mol. The summed E-state index contributed by atoms with van der Waals surface area (Å²) in [5, 5.41) is 6.85. The molecule has 0 aliphatic rings. The molecule has 0 aliphatic carbocycles. The van der Waals surface area contributed by atoms with Crippen molar-refractivity contribution in [1.29, 1.82) is 0 Å². The topological polar surface area (TPSA) is 37.0 Å². The number of thiocarbonyl (C=S) groups is 1. The fraction of sp³-hybridized carbons (Fsp3) is 0.455. The zero-order valence-electron chi connectivity index (χ0n) is 9.59. The second kappa shape index (κ2) is 4.57. The molecule has 0 aromatic carbocycles. The first-order valence-corrected chi connectivity index (χ1v) is 5.30. The average molecular weight is 223 g/mol. The van der Waals surface area contributed by atoms with Gasteiger partial charge in [0.2, 0.25) is 0 Å². The van der Waals surface area contributed by atoms with Crippen LogP contribution in [-0.2, 0) is 0 Å². The van der Waals surface area contributed by atoms with Crippen LogP contribution >= 0.6 is 12.2 Å². The van der Waals surface area contributed by atoms with Gasteiger partial charge in [0.05, 0.1) is 0 Å². The van der Waals surface area contributed by atoms with Gasteiger partial charge in [-0.2, -0.15) is 0 Å². The number of hydrogen-bond donors (Lipinski definition) is 2. The first-order valence-electron chi connectivity index (χ1n) is 4.89. The van der Waals surface area contributed by atoms with E-state index in [1.807, 2.05) is 19.1 Å². The Labute approximate surface area is 96.3 Å². The van der Waals surface area contributed by atoms with Crippen LogP contribution in [-0.4, -0.2) is 15.6 Å². The van der Waals surface area contributed by atoms with Gasteiger partial charge < -0.3 is 10.6 Å². The number of rotatable bonds is 1. The van der Waals surface area contributed by atoms with Gasteiger partial charge in [0, 0.05) is 11.7 Å². The predicted molar refractivity (Wildman–Crippen MR) is 68.1 cm³/mol. The highest BCUT2D eigenvalue weighted by Gasteiger charge is 2.11. The Kier molecular flexibility index (Phi) is 3.63. The lowest BCUT2D eigenvalue weighted by atomic mass is 10.1. The molecular weight excluding hydrogens is 206 g/mol. The predicted octanol–water partition coefficient (Wildman–Crippen LogP) is 2.47. The van der Waals surface area contributed by atoms with Gasteiger partial charge in [-0.05, 0) is 51.5 Å². The quantitative estimate of drug-likeness (QED) is 0.717. The number of aryl methyl sites for hydroxylation is 1. The lowest BCUT2D eigenvalue weighted by Crippen LogP contribution is -2.43. The smallest absolute Gasteiger partial charge is 0.172 e. The molecule has 0 fully saturated rings. The molecule has 0 spiro atoms. The Morgan fingerprint density at radius 3 is 2.60 bits per heavy atom. The normalized spacial score (nSPS) is 10.9. The minimum Gasteiger partial charge on any atom is -0.358 e. The van der Waals surface area contributed by atoms with Crippen LogP contribution in [0.2, 0.25) is 0 Å². The van der Waals surface area contributed by atoms with Crippen LogP contribution in [0.1, 0.15) is 26.3 Å². The van der Waals surface area contributed by atoms with Crippen LogP contribution in [0.4, 0.5) is 5.82 Å². The first kappa shape index (κ1) is 11.9. The van der Waals surface area contributed by atoms with Crippen molar-refractivity contribution < 1.29 is 0 Å². The van der Waals surface area contributed by atoms with E-state index in [0.29, 0.717) is 5.11 Å². The summed E-state index contributed by atoms with van der Waals surface area (Å²) in [7, 11) is 0. The number of aromatic nitrogens is 1. The number of hydrogen-bond acceptors (Lipinski definition) is 2. The molecule has 0 aliphatic heterocycles. The van der Waals surface area contributed by atoms with Crippen molar-refractivity contribution in [2.75, 3.05) is 5.32 Å². The summed E-state index contributed by atoms with van der Waals surface area (Å²) in [6.07, 6.45) is 1.75. The molecule has 4 heteroatoms. The van der Waals surface area contributed by atoms with Crippen molar-refractivity contribution in [2.24, 2.45) is 0 Å². The van der Waals surface area contributed by atoms with Crippen molar-refractivity contribution >= 4 is 23.1 Å². The summed E-state index contributed by atoms with van der Waals surface area (Å²) < 4.78 is 0. The van der Waals surface area contributed by atoms with Gasteiger partial charge in [-0.15, -0.1) is 0 Å². The van der Waals surface area contributed by atoms with E-state index in [0.717, 1.165) is 11.4 Å². The van der Waals surface area contributed by atoms with Crippen molar-refractivity contribution in [1.82, 2.24) is 10.3 Å². The van der Waals surface area contributed by atoms with Gasteiger partial charge in [-0.25, -0.2) is 4.98 Å². The van der Waals surface area contributed by atoms with E-state index in [4.69, 9.17) is 12.2 Å². The van der Waals surface area contributed by atoms with E-state index in [9.17, 15) is 0 Å². The maximum absolute atomic E-state index is 5.18. The van der Waals surface area contributed by atoms with Crippen LogP contribution in [0, 0.1) is 6.92 Å². The molecule has 1 heterocycles. The Balaban J connectivity index is 2.64. The van der Waals surface area contributed by atoms with E-state index in [1.54, 1.807) is 6.20 Å². The Morgan fingerprint density at radius 1 is 1.40 bits per heavy atom. The highest BCUT2D eigenvalue weighted by molar-refractivity contribution is 7.80. The third-order valence-corrected chi connectivity index (χ3v) is 1.93. The molecule has 0 bridgehead atoms. The van der Waals surface area contributed by atoms with Crippen LogP contribution in [0.15, 0.2) is 18.3 Å². The maximum Gasteiger partial charge on any atom is 0.172 e.